The van der Waals surface area contributed by atoms with E-state index < -0.39 is 17.6 Å². The van der Waals surface area contributed by atoms with Crippen molar-refractivity contribution in [3.63, 3.8) is 0 Å². The van der Waals surface area contributed by atoms with Gasteiger partial charge in [0.2, 0.25) is 5.95 Å². The molecular formula is C23H17F3N6O. The quantitative estimate of drug-likeness (QED) is 0.431. The molecule has 0 unspecified atom stereocenters. The van der Waals surface area contributed by atoms with Crippen LogP contribution in [0.4, 0.5) is 30.5 Å². The van der Waals surface area contributed by atoms with Crippen LogP contribution in [0.5, 0.6) is 0 Å². The van der Waals surface area contributed by atoms with Gasteiger partial charge in [0.25, 0.3) is 5.91 Å². The van der Waals surface area contributed by atoms with Crippen molar-refractivity contribution in [2.24, 2.45) is 0 Å². The van der Waals surface area contributed by atoms with Crippen LogP contribution in [-0.2, 0) is 6.18 Å². The minimum atomic E-state index is -4.53. The van der Waals surface area contributed by atoms with E-state index in [1.165, 1.54) is 12.1 Å². The standard InChI is InChI=1S/C23H17F3N6O/c1-14-5-6-17(30-21(33)15-3-2-4-16(11-15)23(24,25)26)12-19(14)32-22-29-8-7-18(31-22)20-13-27-9-10-28-20/h2-13H,1H3,(H,30,33)(H,29,31,32). The van der Waals surface area contributed by atoms with Gasteiger partial charge in [0.1, 0.15) is 5.69 Å². The molecule has 0 aliphatic rings. The van der Waals surface area contributed by atoms with Crippen molar-refractivity contribution < 1.29 is 18.0 Å². The summed E-state index contributed by atoms with van der Waals surface area (Å²) in [6.45, 7) is 1.85. The van der Waals surface area contributed by atoms with E-state index in [-0.39, 0.29) is 5.56 Å². The van der Waals surface area contributed by atoms with Crippen molar-refractivity contribution in [1.82, 2.24) is 19.9 Å². The third kappa shape index (κ3) is 5.29. The molecule has 0 atom stereocenters. The first-order valence-electron chi connectivity index (χ1n) is 9.75. The Kier molecular flexibility index (Phi) is 5.99. The van der Waals surface area contributed by atoms with Gasteiger partial charge in [-0.3, -0.25) is 14.8 Å². The van der Waals surface area contributed by atoms with Gasteiger partial charge in [0.15, 0.2) is 0 Å². The molecule has 0 aliphatic heterocycles. The Morgan fingerprint density at radius 2 is 1.79 bits per heavy atom. The van der Waals surface area contributed by atoms with Crippen molar-refractivity contribution in [3.05, 3.63) is 90.0 Å². The number of nitrogens with zero attached hydrogens (tertiary/aromatic N) is 4. The van der Waals surface area contributed by atoms with Crippen molar-refractivity contribution in [3.8, 4) is 11.4 Å². The second-order valence-corrected chi connectivity index (χ2v) is 7.04. The zero-order valence-corrected chi connectivity index (χ0v) is 17.3. The fourth-order valence-corrected chi connectivity index (χ4v) is 2.99. The molecule has 0 saturated carbocycles. The summed E-state index contributed by atoms with van der Waals surface area (Å²) in [5, 5.41) is 5.72. The largest absolute Gasteiger partial charge is 0.416 e. The first kappa shape index (κ1) is 21.9. The lowest BCUT2D eigenvalue weighted by Crippen LogP contribution is -2.14. The van der Waals surface area contributed by atoms with Crippen LogP contribution in [-0.4, -0.2) is 25.8 Å². The van der Waals surface area contributed by atoms with Crippen LogP contribution in [0.1, 0.15) is 21.5 Å². The number of carbonyl (C=O) groups excluding carboxylic acids is 1. The predicted molar refractivity (Wildman–Crippen MR) is 117 cm³/mol. The highest BCUT2D eigenvalue weighted by Crippen LogP contribution is 2.30. The number of halogens is 3. The van der Waals surface area contributed by atoms with E-state index in [4.69, 9.17) is 0 Å². The molecule has 166 valence electrons. The van der Waals surface area contributed by atoms with Crippen LogP contribution < -0.4 is 10.6 Å². The number of nitrogens with one attached hydrogen (secondary N) is 2. The Morgan fingerprint density at radius 1 is 0.939 bits per heavy atom. The van der Waals surface area contributed by atoms with E-state index in [0.29, 0.717) is 28.7 Å². The summed E-state index contributed by atoms with van der Waals surface area (Å²) in [6, 6.07) is 11.0. The Bertz CT molecular complexity index is 1290. The number of aromatic nitrogens is 4. The monoisotopic (exact) mass is 450 g/mol. The molecule has 4 aromatic rings. The highest BCUT2D eigenvalue weighted by Gasteiger charge is 2.30. The van der Waals surface area contributed by atoms with E-state index in [1.807, 2.05) is 6.92 Å². The lowest BCUT2D eigenvalue weighted by molar-refractivity contribution is -0.137. The highest BCUT2D eigenvalue weighted by atomic mass is 19.4. The van der Waals surface area contributed by atoms with E-state index in [1.54, 1.807) is 49.1 Å². The number of benzene rings is 2. The average molecular weight is 450 g/mol. The summed E-state index contributed by atoms with van der Waals surface area (Å²) in [6.07, 6.45) is 1.75. The number of amides is 1. The molecule has 2 aromatic carbocycles. The van der Waals surface area contributed by atoms with Crippen LogP contribution in [0, 0.1) is 6.92 Å². The van der Waals surface area contributed by atoms with Crippen molar-refractivity contribution >= 4 is 23.2 Å². The first-order valence-corrected chi connectivity index (χ1v) is 9.75. The first-order chi connectivity index (χ1) is 15.8. The fourth-order valence-electron chi connectivity index (χ4n) is 2.99. The van der Waals surface area contributed by atoms with Crippen LogP contribution in [0.25, 0.3) is 11.4 Å². The second-order valence-electron chi connectivity index (χ2n) is 7.04. The third-order valence-corrected chi connectivity index (χ3v) is 4.68. The Hall–Kier alpha value is -4.34. The van der Waals surface area contributed by atoms with Crippen LogP contribution >= 0.6 is 0 Å². The van der Waals surface area contributed by atoms with Crippen molar-refractivity contribution in [1.29, 1.82) is 0 Å². The summed E-state index contributed by atoms with van der Waals surface area (Å²) >= 11 is 0. The fraction of sp³-hybridized carbons (Fsp3) is 0.0870. The molecule has 2 heterocycles. The number of anilines is 3. The summed E-state index contributed by atoms with van der Waals surface area (Å²) in [7, 11) is 0. The Morgan fingerprint density at radius 3 is 2.55 bits per heavy atom. The van der Waals surface area contributed by atoms with Crippen LogP contribution in [0.3, 0.4) is 0 Å². The molecule has 0 saturated heterocycles. The number of hydrogen-bond donors (Lipinski definition) is 2. The lowest BCUT2D eigenvalue weighted by Gasteiger charge is -2.13. The highest BCUT2D eigenvalue weighted by molar-refractivity contribution is 6.04. The number of hydrogen-bond acceptors (Lipinski definition) is 6. The average Bonchev–Trinajstić information content (AvgIpc) is 2.81. The number of aryl methyl sites for hydroxylation is 1. The zero-order valence-electron chi connectivity index (χ0n) is 17.3. The van der Waals surface area contributed by atoms with Crippen LogP contribution in [0.2, 0.25) is 0 Å². The summed E-state index contributed by atoms with van der Waals surface area (Å²) < 4.78 is 38.8. The van der Waals surface area contributed by atoms with Crippen molar-refractivity contribution in [2.45, 2.75) is 13.1 Å². The molecule has 7 nitrogen and oxygen atoms in total. The maximum atomic E-state index is 12.9. The van der Waals surface area contributed by atoms with Gasteiger partial charge in [-0.2, -0.15) is 13.2 Å². The second kappa shape index (κ2) is 9.03. The summed E-state index contributed by atoms with van der Waals surface area (Å²) in [5.41, 5.74) is 2.04. The molecule has 2 N–H and O–H groups in total. The molecule has 0 spiro atoms. The number of carbonyl (C=O) groups is 1. The molecule has 0 aliphatic carbocycles. The maximum absolute atomic E-state index is 12.9. The topological polar surface area (TPSA) is 92.7 Å². The number of rotatable bonds is 5. The Balaban J connectivity index is 1.54. The van der Waals surface area contributed by atoms with Crippen LogP contribution in [0.15, 0.2) is 73.3 Å². The third-order valence-electron chi connectivity index (χ3n) is 4.68. The van der Waals surface area contributed by atoms with Gasteiger partial charge >= 0.3 is 6.18 Å². The minimum absolute atomic E-state index is 0.0973. The van der Waals surface area contributed by atoms with E-state index >= 15 is 0 Å². The van der Waals surface area contributed by atoms with Gasteiger partial charge in [0, 0.05) is 35.5 Å². The molecule has 0 fully saturated rings. The Labute approximate surface area is 186 Å². The van der Waals surface area contributed by atoms with Gasteiger partial charge in [-0.15, -0.1) is 0 Å². The van der Waals surface area contributed by atoms with Gasteiger partial charge in [0.05, 0.1) is 17.5 Å². The zero-order chi connectivity index (χ0) is 23.4. The van der Waals surface area contributed by atoms with Crippen molar-refractivity contribution in [2.75, 3.05) is 10.6 Å². The lowest BCUT2D eigenvalue weighted by atomic mass is 10.1. The molecule has 2 aromatic heterocycles. The normalized spacial score (nSPS) is 11.2. The van der Waals surface area contributed by atoms with E-state index in [9.17, 15) is 18.0 Å². The molecule has 4 rings (SSSR count). The number of alkyl halides is 3. The smallest absolute Gasteiger partial charge is 0.324 e. The molecule has 0 radical (unpaired) electrons. The molecule has 1 amide bonds. The predicted octanol–water partition coefficient (Wildman–Crippen LogP) is 5.26. The molecule has 0 bridgehead atoms. The van der Waals surface area contributed by atoms with Gasteiger partial charge < -0.3 is 10.6 Å². The molecule has 33 heavy (non-hydrogen) atoms. The summed E-state index contributed by atoms with van der Waals surface area (Å²) in [5.74, 6) is -0.348. The summed E-state index contributed by atoms with van der Waals surface area (Å²) in [4.78, 5) is 29.4. The van der Waals surface area contributed by atoms with Gasteiger partial charge in [-0.25, -0.2) is 9.97 Å². The van der Waals surface area contributed by atoms with Gasteiger partial charge in [-0.05, 0) is 48.9 Å². The van der Waals surface area contributed by atoms with Gasteiger partial charge in [-0.1, -0.05) is 12.1 Å². The SMILES string of the molecule is Cc1ccc(NC(=O)c2cccc(C(F)(F)F)c2)cc1Nc1nccc(-c2cnccn2)n1. The van der Waals surface area contributed by atoms with E-state index in [0.717, 1.165) is 17.7 Å². The maximum Gasteiger partial charge on any atom is 0.416 e. The molecular weight excluding hydrogens is 433 g/mol. The minimum Gasteiger partial charge on any atom is -0.324 e. The van der Waals surface area contributed by atoms with E-state index in [2.05, 4.69) is 30.6 Å². The molecule has 10 heteroatoms.